The predicted molar refractivity (Wildman–Crippen MR) is 240 cm³/mol. The Morgan fingerprint density at radius 2 is 0.873 bits per heavy atom. The van der Waals surface area contributed by atoms with Crippen LogP contribution in [0.15, 0.2) is 116 Å². The average molecular weight is 1090 g/mol. The molecule has 384 valence electrons. The predicted octanol–water partition coefficient (Wildman–Crippen LogP) is 13.5. The van der Waals surface area contributed by atoms with Gasteiger partial charge in [0.25, 0.3) is 0 Å². The summed E-state index contributed by atoms with van der Waals surface area (Å²) in [6.45, 7) is 6.88. The van der Waals surface area contributed by atoms with Crippen molar-refractivity contribution in [2.24, 2.45) is 5.41 Å². The molecule has 0 bridgehead atoms. The standard InChI is InChI=1S/C23H22ClF6N3O2S.C22H18ClF6N3O2S/c1-13(21(2,3)4)32-20(19(12-31)36(34,35)18-7-5-16(24)6-8-18)33-17-10-14(22(25,26)27)9-15(11-17)23(28,29)30;23-15-5-7-18(8-6-15)35(33,34)19(12-30)20(31-16-3-1-2-4-16)32-17-10-13(21(24,25)26)9-14(11-17)22(27,28)29/h5-11,13,32-33H,1-4H3;5-11,16,31-32H,1-4H2/b2*20-19-. The van der Waals surface area contributed by atoms with Crippen LogP contribution in [-0.2, 0) is 44.4 Å². The average Bonchev–Trinajstić information content (AvgIpc) is 3.76. The molecule has 0 heterocycles. The fourth-order valence-corrected chi connectivity index (χ4v) is 9.04. The molecule has 0 aromatic heterocycles. The van der Waals surface area contributed by atoms with Gasteiger partial charge in [-0.2, -0.15) is 63.2 Å². The molecule has 0 saturated heterocycles. The zero-order valence-electron chi connectivity index (χ0n) is 37.2. The number of rotatable bonds is 12. The number of nitriles is 2. The number of hydrogen-bond donors (Lipinski definition) is 4. The molecule has 1 aliphatic rings. The van der Waals surface area contributed by atoms with E-state index >= 15 is 0 Å². The van der Waals surface area contributed by atoms with Crippen molar-refractivity contribution in [2.75, 3.05) is 10.6 Å². The minimum atomic E-state index is -5.12. The highest BCUT2D eigenvalue weighted by Crippen LogP contribution is 2.40. The lowest BCUT2D eigenvalue weighted by molar-refractivity contribution is -0.144. The van der Waals surface area contributed by atoms with Gasteiger partial charge in [-0.15, -0.1) is 0 Å². The summed E-state index contributed by atoms with van der Waals surface area (Å²) in [5, 5.41) is 30.0. The van der Waals surface area contributed by atoms with Gasteiger partial charge in [-0.25, -0.2) is 16.8 Å². The van der Waals surface area contributed by atoms with E-state index in [0.29, 0.717) is 37.1 Å². The van der Waals surface area contributed by atoms with Crippen LogP contribution in [0.5, 0.6) is 0 Å². The number of benzene rings is 4. The molecule has 0 spiro atoms. The van der Waals surface area contributed by atoms with E-state index in [9.17, 15) is 80.0 Å². The molecule has 10 nitrogen and oxygen atoms in total. The first-order chi connectivity index (χ1) is 32.5. The Kier molecular flexibility index (Phi) is 17.8. The Labute approximate surface area is 410 Å². The molecule has 4 aromatic carbocycles. The van der Waals surface area contributed by atoms with Gasteiger partial charge in [0.05, 0.1) is 32.0 Å². The third-order valence-electron chi connectivity index (χ3n) is 10.5. The van der Waals surface area contributed by atoms with Crippen LogP contribution < -0.4 is 21.3 Å². The number of halogens is 14. The molecular weight excluding hydrogens is 1050 g/mol. The molecule has 4 aromatic rings. The third kappa shape index (κ3) is 15.3. The highest BCUT2D eigenvalue weighted by atomic mass is 35.5. The van der Waals surface area contributed by atoms with Crippen molar-refractivity contribution in [3.05, 3.63) is 139 Å². The minimum Gasteiger partial charge on any atom is -0.367 e. The molecule has 1 atom stereocenters. The number of alkyl halides is 12. The van der Waals surface area contributed by atoms with Crippen LogP contribution in [0.2, 0.25) is 10.0 Å². The van der Waals surface area contributed by atoms with Crippen LogP contribution in [-0.4, -0.2) is 28.9 Å². The van der Waals surface area contributed by atoms with Crippen molar-refractivity contribution < 1.29 is 69.5 Å². The van der Waals surface area contributed by atoms with E-state index in [1.807, 2.05) is 0 Å². The molecule has 1 saturated carbocycles. The molecule has 1 fully saturated rings. The highest BCUT2D eigenvalue weighted by Gasteiger charge is 2.39. The summed E-state index contributed by atoms with van der Waals surface area (Å²) < 4.78 is 212. The molecule has 71 heavy (non-hydrogen) atoms. The maximum Gasteiger partial charge on any atom is 0.416 e. The first kappa shape index (κ1) is 57.8. The zero-order valence-corrected chi connectivity index (χ0v) is 40.3. The van der Waals surface area contributed by atoms with Gasteiger partial charge in [0.15, 0.2) is 9.81 Å². The molecular formula is C45H40Cl2F12N6O4S2. The van der Waals surface area contributed by atoms with Crippen LogP contribution in [0, 0.1) is 28.1 Å². The summed E-state index contributed by atoms with van der Waals surface area (Å²) in [6.07, 6.45) is -17.8. The second-order valence-electron chi connectivity index (χ2n) is 16.7. The lowest BCUT2D eigenvalue weighted by Crippen LogP contribution is -2.40. The summed E-state index contributed by atoms with van der Waals surface area (Å²) in [5.41, 5.74) is -8.36. The van der Waals surface area contributed by atoms with E-state index in [0.717, 1.165) is 37.1 Å². The summed E-state index contributed by atoms with van der Waals surface area (Å²) >= 11 is 11.6. The van der Waals surface area contributed by atoms with Crippen LogP contribution in [0.25, 0.3) is 0 Å². The molecule has 0 aliphatic heterocycles. The molecule has 1 aliphatic carbocycles. The smallest absolute Gasteiger partial charge is 0.367 e. The van der Waals surface area contributed by atoms with Gasteiger partial charge in [-0.1, -0.05) is 56.8 Å². The van der Waals surface area contributed by atoms with E-state index in [1.165, 1.54) is 36.4 Å². The summed E-state index contributed by atoms with van der Waals surface area (Å²) in [4.78, 5) is -2.51. The van der Waals surface area contributed by atoms with Gasteiger partial charge >= 0.3 is 24.7 Å². The van der Waals surface area contributed by atoms with Crippen molar-refractivity contribution in [3.63, 3.8) is 0 Å². The van der Waals surface area contributed by atoms with Crippen molar-refractivity contribution >= 4 is 54.3 Å². The van der Waals surface area contributed by atoms with Gasteiger partial charge in [0.2, 0.25) is 19.7 Å². The van der Waals surface area contributed by atoms with Crippen LogP contribution in [0.4, 0.5) is 64.1 Å². The van der Waals surface area contributed by atoms with Crippen LogP contribution in [0.3, 0.4) is 0 Å². The Balaban J connectivity index is 0.000000309. The summed E-state index contributed by atoms with van der Waals surface area (Å²) in [5.74, 6) is -1.09. The van der Waals surface area contributed by atoms with Crippen molar-refractivity contribution in [3.8, 4) is 12.1 Å². The van der Waals surface area contributed by atoms with E-state index in [4.69, 9.17) is 23.2 Å². The topological polar surface area (TPSA) is 164 Å². The molecule has 1 unspecified atom stereocenters. The van der Waals surface area contributed by atoms with Gasteiger partial charge in [-0.3, -0.25) is 0 Å². The van der Waals surface area contributed by atoms with Gasteiger partial charge in [0, 0.05) is 33.5 Å². The van der Waals surface area contributed by atoms with Gasteiger partial charge in [0.1, 0.15) is 23.8 Å². The Bertz CT molecular complexity index is 2890. The van der Waals surface area contributed by atoms with E-state index in [-0.39, 0.29) is 38.0 Å². The summed E-state index contributed by atoms with van der Waals surface area (Å²) in [7, 11) is -9.08. The Morgan fingerprint density at radius 3 is 1.17 bits per heavy atom. The second kappa shape index (κ2) is 21.9. The first-order valence-corrected chi connectivity index (χ1v) is 24.2. The third-order valence-corrected chi connectivity index (χ3v) is 14.5. The van der Waals surface area contributed by atoms with E-state index < -0.39 is 111 Å². The second-order valence-corrected chi connectivity index (χ2v) is 21.4. The quantitative estimate of drug-likeness (QED) is 0.0793. The van der Waals surface area contributed by atoms with Gasteiger partial charge in [-0.05, 0) is 110 Å². The van der Waals surface area contributed by atoms with Crippen molar-refractivity contribution in [1.82, 2.24) is 10.6 Å². The fourth-order valence-electron chi connectivity index (χ4n) is 6.33. The highest BCUT2D eigenvalue weighted by molar-refractivity contribution is 7.96. The Hall–Kier alpha value is -5.82. The summed E-state index contributed by atoms with van der Waals surface area (Å²) in [6, 6.07) is 13.2. The molecule has 4 N–H and O–H groups in total. The molecule has 5 rings (SSSR count). The maximum absolute atomic E-state index is 13.3. The molecule has 0 amide bonds. The maximum atomic E-state index is 13.3. The van der Waals surface area contributed by atoms with E-state index in [2.05, 4.69) is 21.3 Å². The molecule has 0 radical (unpaired) electrons. The SMILES string of the molecule is CC(N/C(Nc1cc(C(F)(F)F)cc(C(F)(F)F)c1)=C(\C#N)S(=O)(=O)c1ccc(Cl)cc1)C(C)(C)C.N#C/C(=C(/Nc1cc(C(F)(F)F)cc(C(F)(F)F)c1)NC1CCCC1)S(=O)(=O)c1ccc(Cl)cc1. The number of hydrogen-bond acceptors (Lipinski definition) is 10. The van der Waals surface area contributed by atoms with Crippen molar-refractivity contribution in [2.45, 2.75) is 100.0 Å². The normalized spacial score (nSPS) is 15.2. The number of anilines is 2. The number of nitrogens with zero attached hydrogens (tertiary/aromatic N) is 2. The lowest BCUT2D eigenvalue weighted by atomic mass is 9.88. The van der Waals surface area contributed by atoms with E-state index in [1.54, 1.807) is 27.7 Å². The minimum absolute atomic E-state index is 0.0470. The molecule has 26 heteroatoms. The monoisotopic (exact) mass is 1090 g/mol. The van der Waals surface area contributed by atoms with Crippen LogP contribution in [0.1, 0.15) is 75.6 Å². The number of allylic oxidation sites excluding steroid dienone is 2. The number of nitrogens with one attached hydrogen (secondary N) is 4. The van der Waals surface area contributed by atoms with Gasteiger partial charge < -0.3 is 21.3 Å². The Morgan fingerprint density at radius 1 is 0.563 bits per heavy atom. The largest absolute Gasteiger partial charge is 0.416 e. The number of sulfone groups is 2. The van der Waals surface area contributed by atoms with Crippen LogP contribution >= 0.6 is 23.2 Å². The lowest BCUT2D eigenvalue weighted by Gasteiger charge is -2.31. The first-order valence-electron chi connectivity index (χ1n) is 20.4. The zero-order chi connectivity index (χ0) is 53.7. The fraction of sp³-hybridized carbons (Fsp3) is 0.333. The van der Waals surface area contributed by atoms with Crippen molar-refractivity contribution in [1.29, 1.82) is 10.5 Å².